The number of nitrogens with one attached hydrogen (secondary N) is 1. The molecule has 3 aromatic carbocycles. The van der Waals surface area contributed by atoms with E-state index in [0.29, 0.717) is 22.6 Å². The minimum atomic E-state index is -1.28. The number of H-pyrrole nitrogens is 1. The Morgan fingerprint density at radius 3 is 2.47 bits per heavy atom. The molecule has 3 N–H and O–H groups in total. The first-order chi connectivity index (χ1) is 17.5. The molecule has 36 heavy (non-hydrogen) atoms. The fourth-order valence-corrected chi connectivity index (χ4v) is 5.21. The van der Waals surface area contributed by atoms with Gasteiger partial charge in [0.2, 0.25) is 0 Å². The lowest BCUT2D eigenvalue weighted by Crippen LogP contribution is -2.29. The maximum Gasteiger partial charge on any atom is 0.339 e. The summed E-state index contributed by atoms with van der Waals surface area (Å²) in [6.45, 7) is 0. The number of aromatic hydroxyl groups is 1. The molecule has 1 amide bonds. The van der Waals surface area contributed by atoms with E-state index < -0.39 is 12.0 Å². The van der Waals surface area contributed by atoms with Gasteiger partial charge in [0.25, 0.3) is 5.91 Å². The maximum atomic E-state index is 13.7. The van der Waals surface area contributed by atoms with E-state index >= 15 is 0 Å². The van der Waals surface area contributed by atoms with Gasteiger partial charge in [-0.2, -0.15) is 5.10 Å². The van der Waals surface area contributed by atoms with Crippen molar-refractivity contribution >= 4 is 28.9 Å². The summed E-state index contributed by atoms with van der Waals surface area (Å²) < 4.78 is 0. The number of aromatic carboxylic acids is 1. The van der Waals surface area contributed by atoms with Crippen molar-refractivity contribution < 1.29 is 19.8 Å². The largest absolute Gasteiger partial charge is 0.507 e. The molecule has 0 aliphatic carbocycles. The van der Waals surface area contributed by atoms with Gasteiger partial charge in [-0.15, -0.1) is 11.3 Å². The fraction of sp³-hybridized carbons (Fsp3) is 0.0370. The number of carbonyl (C=O) groups is 2. The number of nitrogens with zero attached hydrogens (tertiary/aromatic N) is 3. The van der Waals surface area contributed by atoms with Crippen LogP contribution >= 0.6 is 11.3 Å². The number of rotatable bonds is 5. The minimum Gasteiger partial charge on any atom is -0.507 e. The topological polar surface area (TPSA) is 119 Å². The Bertz CT molecular complexity index is 1600. The second-order valence-corrected chi connectivity index (χ2v) is 9.17. The molecule has 0 radical (unpaired) electrons. The zero-order valence-corrected chi connectivity index (χ0v) is 19.4. The van der Waals surface area contributed by atoms with Gasteiger partial charge in [-0.1, -0.05) is 54.6 Å². The summed E-state index contributed by atoms with van der Waals surface area (Å²) in [6, 6.07) is 20.9. The van der Waals surface area contributed by atoms with Gasteiger partial charge in [-0.05, 0) is 23.8 Å². The first-order valence-corrected chi connectivity index (χ1v) is 11.9. The summed E-state index contributed by atoms with van der Waals surface area (Å²) in [7, 11) is 0. The number of carboxylic acids is 1. The predicted molar refractivity (Wildman–Crippen MR) is 135 cm³/mol. The van der Waals surface area contributed by atoms with Gasteiger partial charge >= 0.3 is 5.97 Å². The first-order valence-electron chi connectivity index (χ1n) is 11.1. The number of thiazole rings is 1. The molecule has 5 aromatic rings. The number of amides is 1. The minimum absolute atomic E-state index is 0.282. The summed E-state index contributed by atoms with van der Waals surface area (Å²) in [5.41, 5.74) is 4.40. The Hall–Kier alpha value is -4.76. The van der Waals surface area contributed by atoms with E-state index in [1.54, 1.807) is 11.1 Å². The van der Waals surface area contributed by atoms with Crippen molar-refractivity contribution in [2.75, 3.05) is 4.90 Å². The van der Waals surface area contributed by atoms with Gasteiger partial charge in [-0.25, -0.2) is 9.78 Å². The summed E-state index contributed by atoms with van der Waals surface area (Å²) in [4.78, 5) is 31.3. The van der Waals surface area contributed by atoms with Crippen molar-refractivity contribution in [2.45, 2.75) is 6.04 Å². The molecule has 176 valence electrons. The van der Waals surface area contributed by atoms with Crippen LogP contribution < -0.4 is 4.90 Å². The molecule has 1 aliphatic heterocycles. The van der Waals surface area contributed by atoms with Crippen LogP contribution in [0, 0.1) is 0 Å². The van der Waals surface area contributed by atoms with Crippen LogP contribution in [0.25, 0.3) is 21.8 Å². The zero-order valence-electron chi connectivity index (χ0n) is 18.6. The summed E-state index contributed by atoms with van der Waals surface area (Å²) >= 11 is 1.54. The standard InChI is InChI=1S/C27H18N4O4S/c32-20-11-10-18(14-19(20)27(34)35)31-24(16-6-8-17(9-7-16)25-28-12-13-36-25)21-22(15-4-2-1-3-5-15)29-30-23(21)26(31)33/h1-14,24,32H,(H,29,30)(H,34,35). The molecule has 1 atom stereocenters. The van der Waals surface area contributed by atoms with Gasteiger partial charge in [0.15, 0.2) is 0 Å². The average molecular weight is 495 g/mol. The molecular formula is C27H18N4O4S. The Morgan fingerprint density at radius 2 is 1.78 bits per heavy atom. The third-order valence-electron chi connectivity index (χ3n) is 6.21. The van der Waals surface area contributed by atoms with Crippen LogP contribution in [0.4, 0.5) is 5.69 Å². The van der Waals surface area contributed by atoms with Crippen molar-refractivity contribution in [1.29, 1.82) is 0 Å². The zero-order chi connectivity index (χ0) is 24.8. The Balaban J connectivity index is 1.53. The SMILES string of the molecule is O=C(O)c1cc(N2C(=O)c3[nH]nc(-c4ccccc4)c3C2c2ccc(-c3nccs3)cc2)ccc1O. The van der Waals surface area contributed by atoms with Crippen LogP contribution in [0.2, 0.25) is 0 Å². The van der Waals surface area contributed by atoms with E-state index in [-0.39, 0.29) is 17.2 Å². The molecule has 3 heterocycles. The lowest BCUT2D eigenvalue weighted by Gasteiger charge is -2.27. The van der Waals surface area contributed by atoms with Gasteiger partial charge in [0.1, 0.15) is 22.0 Å². The van der Waals surface area contributed by atoms with Crippen LogP contribution in [0.3, 0.4) is 0 Å². The van der Waals surface area contributed by atoms with Crippen LogP contribution in [0.5, 0.6) is 5.75 Å². The second-order valence-electron chi connectivity index (χ2n) is 8.27. The highest BCUT2D eigenvalue weighted by Crippen LogP contribution is 2.45. The summed E-state index contributed by atoms with van der Waals surface area (Å²) in [5, 5.41) is 29.8. The lowest BCUT2D eigenvalue weighted by molar-refractivity contribution is 0.0693. The van der Waals surface area contributed by atoms with E-state index in [4.69, 9.17) is 0 Å². The number of carbonyl (C=O) groups excluding carboxylic acids is 1. The van der Waals surface area contributed by atoms with Crippen molar-refractivity contribution in [3.63, 3.8) is 0 Å². The first kappa shape index (κ1) is 21.8. The third kappa shape index (κ3) is 3.45. The Morgan fingerprint density at radius 1 is 1.00 bits per heavy atom. The lowest BCUT2D eigenvalue weighted by atomic mass is 9.95. The molecule has 0 spiro atoms. The number of benzene rings is 3. The van der Waals surface area contributed by atoms with Crippen LogP contribution in [-0.2, 0) is 0 Å². The molecule has 1 unspecified atom stereocenters. The number of aromatic nitrogens is 3. The average Bonchev–Trinajstić information content (AvgIpc) is 3.63. The van der Waals surface area contributed by atoms with Gasteiger partial charge in [-0.3, -0.25) is 14.8 Å². The molecule has 1 aliphatic rings. The number of aromatic amines is 1. The molecule has 6 rings (SSSR count). The molecule has 0 bridgehead atoms. The third-order valence-corrected chi connectivity index (χ3v) is 7.03. The maximum absolute atomic E-state index is 13.7. The van der Waals surface area contributed by atoms with E-state index in [0.717, 1.165) is 21.7 Å². The van der Waals surface area contributed by atoms with E-state index in [9.17, 15) is 19.8 Å². The van der Waals surface area contributed by atoms with E-state index in [1.165, 1.54) is 29.5 Å². The quantitative estimate of drug-likeness (QED) is 0.303. The molecule has 0 saturated heterocycles. The van der Waals surface area contributed by atoms with Gasteiger partial charge in [0, 0.05) is 34.0 Å². The van der Waals surface area contributed by atoms with Gasteiger partial charge in [0.05, 0.1) is 11.7 Å². The predicted octanol–water partition coefficient (Wildman–Crippen LogP) is 5.35. The number of hydrogen-bond donors (Lipinski definition) is 3. The highest BCUT2D eigenvalue weighted by atomic mass is 32.1. The van der Waals surface area contributed by atoms with E-state index in [2.05, 4.69) is 15.2 Å². The van der Waals surface area contributed by atoms with Crippen LogP contribution in [0.15, 0.2) is 84.4 Å². The Kier molecular flexibility index (Phi) is 5.12. The van der Waals surface area contributed by atoms with Crippen LogP contribution in [0.1, 0.15) is 38.0 Å². The van der Waals surface area contributed by atoms with Crippen molar-refractivity contribution in [2.24, 2.45) is 0 Å². The van der Waals surface area contributed by atoms with E-state index in [1.807, 2.05) is 60.0 Å². The number of hydrogen-bond acceptors (Lipinski definition) is 6. The number of fused-ring (bicyclic) bond motifs is 1. The molecule has 9 heteroatoms. The molecule has 2 aromatic heterocycles. The number of anilines is 1. The monoisotopic (exact) mass is 494 g/mol. The fourth-order valence-electron chi connectivity index (χ4n) is 4.56. The highest BCUT2D eigenvalue weighted by Gasteiger charge is 2.43. The van der Waals surface area contributed by atoms with Crippen LogP contribution in [-0.4, -0.2) is 37.3 Å². The highest BCUT2D eigenvalue weighted by molar-refractivity contribution is 7.13. The van der Waals surface area contributed by atoms with Gasteiger partial charge < -0.3 is 10.2 Å². The molecule has 0 saturated carbocycles. The second kappa shape index (κ2) is 8.47. The number of phenols is 1. The Labute approximate surface area is 209 Å². The van der Waals surface area contributed by atoms with Crippen molar-refractivity contribution in [1.82, 2.24) is 15.2 Å². The number of carboxylic acid groups (broad SMARTS) is 1. The summed E-state index contributed by atoms with van der Waals surface area (Å²) in [5.74, 6) is -1.99. The molecule has 8 nitrogen and oxygen atoms in total. The molecular weight excluding hydrogens is 476 g/mol. The normalized spacial score (nSPS) is 14.7. The van der Waals surface area contributed by atoms with Crippen molar-refractivity contribution in [3.8, 4) is 27.6 Å². The smallest absolute Gasteiger partial charge is 0.339 e. The van der Waals surface area contributed by atoms with Crippen molar-refractivity contribution in [3.05, 3.63) is 107 Å². The summed E-state index contributed by atoms with van der Waals surface area (Å²) in [6.07, 6.45) is 1.75. The molecule has 0 fully saturated rings.